The van der Waals surface area contributed by atoms with E-state index in [1.165, 1.54) is 6.21 Å². The number of benzene rings is 3. The molecule has 0 saturated heterocycles. The van der Waals surface area contributed by atoms with Crippen LogP contribution in [0.25, 0.3) is 0 Å². The summed E-state index contributed by atoms with van der Waals surface area (Å²) in [5.74, 6) is 1.08. The van der Waals surface area contributed by atoms with Crippen molar-refractivity contribution in [3.63, 3.8) is 0 Å². The van der Waals surface area contributed by atoms with Crippen LogP contribution in [0.1, 0.15) is 42.3 Å². The molecule has 12 heteroatoms. The molecule has 0 fully saturated rings. The van der Waals surface area contributed by atoms with Gasteiger partial charge in [0.1, 0.15) is 12.6 Å². The lowest BCUT2D eigenvalue weighted by atomic mass is 10.0. The average Bonchev–Trinajstić information content (AvgIpc) is 3.40. The molecule has 216 valence electrons. The molecule has 1 heterocycles. The Morgan fingerprint density at radius 1 is 1.07 bits per heavy atom. The molecule has 0 spiro atoms. The van der Waals surface area contributed by atoms with Gasteiger partial charge in [-0.15, -0.1) is 0 Å². The normalized spacial score (nSPS) is 12.9. The lowest BCUT2D eigenvalue weighted by Gasteiger charge is -2.20. The number of fused-ring (bicyclic) bond motifs is 1. The van der Waals surface area contributed by atoms with Crippen LogP contribution in [0, 0.1) is 9.49 Å². The van der Waals surface area contributed by atoms with E-state index in [0.29, 0.717) is 50.8 Å². The predicted octanol–water partition coefficient (Wildman–Crippen LogP) is 6.21. The Morgan fingerprint density at radius 3 is 2.59 bits per heavy atom. The first-order chi connectivity index (χ1) is 19.7. The number of hydrogen-bond acceptors (Lipinski definition) is 7. The summed E-state index contributed by atoms with van der Waals surface area (Å²) in [5.41, 5.74) is 4.35. The first kappa shape index (κ1) is 30.7. The Bertz CT molecular complexity index is 1470. The van der Waals surface area contributed by atoms with Gasteiger partial charge in [0, 0.05) is 21.2 Å². The number of hydrazone groups is 1. The minimum absolute atomic E-state index is 0.106. The summed E-state index contributed by atoms with van der Waals surface area (Å²) in [7, 11) is 0. The van der Waals surface area contributed by atoms with Crippen LogP contribution in [0.15, 0.2) is 53.6 Å². The van der Waals surface area contributed by atoms with E-state index in [1.807, 2.05) is 32.9 Å². The summed E-state index contributed by atoms with van der Waals surface area (Å²) in [4.78, 5) is 25.8. The average molecular weight is 712 g/mol. The van der Waals surface area contributed by atoms with Gasteiger partial charge < -0.3 is 24.3 Å². The SMILES string of the molecule is CCOc1cc(C=NNC(=O)[C@H](NC(=O)c2ccc3c(c2)OCO3)C(C)C)cc(I)c1OCc1ccc(Cl)cc1Cl. The van der Waals surface area contributed by atoms with Crippen molar-refractivity contribution in [2.24, 2.45) is 11.0 Å². The highest BCUT2D eigenvalue weighted by Crippen LogP contribution is 2.35. The molecule has 2 N–H and O–H groups in total. The molecule has 0 unspecified atom stereocenters. The fraction of sp³-hybridized carbons (Fsp3) is 0.276. The van der Waals surface area contributed by atoms with Crippen LogP contribution in [0.4, 0.5) is 0 Å². The summed E-state index contributed by atoms with van der Waals surface area (Å²) in [6, 6.07) is 12.9. The van der Waals surface area contributed by atoms with Crippen molar-refractivity contribution in [1.29, 1.82) is 0 Å². The molecular weight excluding hydrogens is 684 g/mol. The third-order valence-corrected chi connectivity index (χ3v) is 7.37. The first-order valence-corrected chi connectivity index (χ1v) is 14.6. The predicted molar refractivity (Wildman–Crippen MR) is 166 cm³/mol. The van der Waals surface area contributed by atoms with Crippen LogP contribution >= 0.6 is 45.8 Å². The standard InChI is InChI=1S/C29H28Cl2IN3O6/c1-4-38-25-10-17(9-22(32)27(25)39-14-19-5-7-20(30)12-21(19)31)13-33-35-29(37)26(16(2)3)34-28(36)18-6-8-23-24(11-18)41-15-40-23/h5-13,16,26H,4,14-15H2,1-3H3,(H,34,36)(H,35,37)/t26-/m1/s1. The van der Waals surface area contributed by atoms with Crippen LogP contribution in [0.2, 0.25) is 10.0 Å². The second kappa shape index (κ2) is 14.1. The molecule has 3 aromatic rings. The van der Waals surface area contributed by atoms with E-state index < -0.39 is 17.9 Å². The van der Waals surface area contributed by atoms with Gasteiger partial charge >= 0.3 is 0 Å². The topological polar surface area (TPSA) is 107 Å². The van der Waals surface area contributed by atoms with Gasteiger partial charge in [-0.2, -0.15) is 5.10 Å². The number of halogens is 3. The van der Waals surface area contributed by atoms with Gasteiger partial charge in [0.25, 0.3) is 11.8 Å². The van der Waals surface area contributed by atoms with Gasteiger partial charge in [-0.3, -0.25) is 9.59 Å². The fourth-order valence-corrected chi connectivity index (χ4v) is 5.14. The number of amides is 2. The van der Waals surface area contributed by atoms with Gasteiger partial charge in [-0.1, -0.05) is 43.1 Å². The molecule has 1 aliphatic heterocycles. The summed E-state index contributed by atoms with van der Waals surface area (Å²) in [5, 5.41) is 7.95. The van der Waals surface area contributed by atoms with E-state index in [-0.39, 0.29) is 19.3 Å². The van der Waals surface area contributed by atoms with E-state index in [0.717, 1.165) is 9.13 Å². The van der Waals surface area contributed by atoms with Crippen molar-refractivity contribution in [2.75, 3.05) is 13.4 Å². The largest absolute Gasteiger partial charge is 0.490 e. The first-order valence-electron chi connectivity index (χ1n) is 12.7. The second-order valence-electron chi connectivity index (χ2n) is 9.28. The van der Waals surface area contributed by atoms with Crippen molar-refractivity contribution >= 4 is 63.8 Å². The van der Waals surface area contributed by atoms with Crippen LogP contribution < -0.4 is 29.7 Å². The molecule has 0 saturated carbocycles. The van der Waals surface area contributed by atoms with E-state index >= 15 is 0 Å². The lowest BCUT2D eigenvalue weighted by Crippen LogP contribution is -2.48. The van der Waals surface area contributed by atoms with Crippen molar-refractivity contribution in [3.8, 4) is 23.0 Å². The summed E-state index contributed by atoms with van der Waals surface area (Å²) in [6.45, 7) is 6.29. The van der Waals surface area contributed by atoms with Crippen molar-refractivity contribution in [2.45, 2.75) is 33.4 Å². The molecule has 0 radical (unpaired) electrons. The molecular formula is C29H28Cl2IN3O6. The van der Waals surface area contributed by atoms with Crippen LogP contribution in [0.3, 0.4) is 0 Å². The maximum Gasteiger partial charge on any atom is 0.262 e. The number of nitrogens with one attached hydrogen (secondary N) is 2. The maximum absolute atomic E-state index is 12.9. The quantitative estimate of drug-likeness (QED) is 0.139. The molecule has 41 heavy (non-hydrogen) atoms. The number of hydrogen-bond donors (Lipinski definition) is 2. The number of carbonyl (C=O) groups is 2. The highest BCUT2D eigenvalue weighted by Gasteiger charge is 2.25. The third kappa shape index (κ3) is 7.96. The van der Waals surface area contributed by atoms with Gasteiger partial charge in [0.05, 0.1) is 16.4 Å². The Kier molecular flexibility index (Phi) is 10.6. The zero-order valence-corrected chi connectivity index (χ0v) is 26.2. The van der Waals surface area contributed by atoms with E-state index in [2.05, 4.69) is 38.4 Å². The summed E-state index contributed by atoms with van der Waals surface area (Å²) >= 11 is 14.4. The molecule has 4 rings (SSSR count). The molecule has 0 aliphatic carbocycles. The van der Waals surface area contributed by atoms with Crippen molar-refractivity contribution in [3.05, 3.63) is 78.8 Å². The minimum Gasteiger partial charge on any atom is -0.490 e. The zero-order valence-electron chi connectivity index (χ0n) is 22.5. The third-order valence-electron chi connectivity index (χ3n) is 5.98. The van der Waals surface area contributed by atoms with Gasteiger partial charge in [-0.25, -0.2) is 5.43 Å². The second-order valence-corrected chi connectivity index (χ2v) is 11.3. The minimum atomic E-state index is -0.820. The van der Waals surface area contributed by atoms with Gasteiger partial charge in [-0.05, 0) is 83.5 Å². The Morgan fingerprint density at radius 2 is 1.85 bits per heavy atom. The Labute approximate surface area is 261 Å². The van der Waals surface area contributed by atoms with Gasteiger partial charge in [0.15, 0.2) is 23.0 Å². The van der Waals surface area contributed by atoms with E-state index in [9.17, 15) is 9.59 Å². The van der Waals surface area contributed by atoms with Gasteiger partial charge in [0.2, 0.25) is 6.79 Å². The Balaban J connectivity index is 1.42. The molecule has 9 nitrogen and oxygen atoms in total. The number of carbonyl (C=O) groups excluding carboxylic acids is 2. The molecule has 1 aliphatic rings. The monoisotopic (exact) mass is 711 g/mol. The number of rotatable bonds is 11. The highest BCUT2D eigenvalue weighted by molar-refractivity contribution is 14.1. The lowest BCUT2D eigenvalue weighted by molar-refractivity contribution is -0.123. The fourth-order valence-electron chi connectivity index (χ4n) is 3.89. The highest BCUT2D eigenvalue weighted by atomic mass is 127. The molecule has 3 aromatic carbocycles. The zero-order chi connectivity index (χ0) is 29.5. The molecule has 1 atom stereocenters. The van der Waals surface area contributed by atoms with Crippen molar-refractivity contribution < 1.29 is 28.5 Å². The summed E-state index contributed by atoms with van der Waals surface area (Å²) < 4.78 is 23.3. The van der Waals surface area contributed by atoms with Crippen LogP contribution in [-0.4, -0.2) is 37.5 Å². The van der Waals surface area contributed by atoms with Crippen LogP contribution in [0.5, 0.6) is 23.0 Å². The van der Waals surface area contributed by atoms with E-state index in [4.69, 9.17) is 42.1 Å². The van der Waals surface area contributed by atoms with Crippen molar-refractivity contribution in [1.82, 2.24) is 10.7 Å². The number of nitrogens with zero attached hydrogens (tertiary/aromatic N) is 1. The molecule has 0 aromatic heterocycles. The summed E-state index contributed by atoms with van der Waals surface area (Å²) in [6.07, 6.45) is 1.50. The molecule has 2 amide bonds. The van der Waals surface area contributed by atoms with Crippen LogP contribution in [-0.2, 0) is 11.4 Å². The molecule has 0 bridgehead atoms. The smallest absolute Gasteiger partial charge is 0.262 e. The van der Waals surface area contributed by atoms with E-state index in [1.54, 1.807) is 36.4 Å². The number of ether oxygens (including phenoxy) is 4. The Hall–Kier alpha value is -3.22. The maximum atomic E-state index is 12.9.